The van der Waals surface area contributed by atoms with Crippen molar-refractivity contribution >= 4 is 15.9 Å². The molecule has 1 rings (SSSR count). The van der Waals surface area contributed by atoms with Gasteiger partial charge in [-0.15, -0.1) is 0 Å². The summed E-state index contributed by atoms with van der Waals surface area (Å²) in [6.45, 7) is 2.98. The molecule has 1 heterocycles. The van der Waals surface area contributed by atoms with Crippen LogP contribution in [0.25, 0.3) is 0 Å². The van der Waals surface area contributed by atoms with Crippen molar-refractivity contribution in [2.24, 2.45) is 7.05 Å². The Kier molecular flexibility index (Phi) is 3.29. The molecule has 1 aromatic heterocycles. The normalized spacial score (nSPS) is 10.7. The first kappa shape index (κ1) is 9.74. The molecular formula is C8H14BrN3. The predicted molar refractivity (Wildman–Crippen MR) is 53.3 cm³/mol. The Hall–Kier alpha value is -0.350. The molecule has 1 aromatic rings. The van der Waals surface area contributed by atoms with Gasteiger partial charge in [0, 0.05) is 20.0 Å². The molecule has 0 unspecified atom stereocenters. The van der Waals surface area contributed by atoms with Crippen molar-refractivity contribution in [2.75, 3.05) is 13.6 Å². The zero-order chi connectivity index (χ0) is 9.14. The van der Waals surface area contributed by atoms with Crippen molar-refractivity contribution in [1.29, 1.82) is 0 Å². The highest BCUT2D eigenvalue weighted by atomic mass is 79.9. The number of halogens is 1. The largest absolute Gasteiger partial charge is 0.326 e. The van der Waals surface area contributed by atoms with E-state index in [1.807, 2.05) is 21.0 Å². The van der Waals surface area contributed by atoms with E-state index in [1.165, 1.54) is 0 Å². The molecule has 0 aliphatic carbocycles. The Morgan fingerprint density at radius 1 is 1.58 bits per heavy atom. The first-order valence-corrected chi connectivity index (χ1v) is 4.78. The summed E-state index contributed by atoms with van der Waals surface area (Å²) < 4.78 is 3.15. The van der Waals surface area contributed by atoms with Gasteiger partial charge in [0.1, 0.15) is 10.4 Å². The number of rotatable bonds is 3. The molecule has 0 bridgehead atoms. The van der Waals surface area contributed by atoms with E-state index in [9.17, 15) is 0 Å². The van der Waals surface area contributed by atoms with Crippen LogP contribution in [-0.4, -0.2) is 23.1 Å². The molecule has 4 heteroatoms. The predicted octanol–water partition coefficient (Wildman–Crippen LogP) is 1.25. The van der Waals surface area contributed by atoms with Gasteiger partial charge in [-0.1, -0.05) is 0 Å². The number of hydrogen-bond acceptors (Lipinski definition) is 2. The molecule has 0 spiro atoms. The van der Waals surface area contributed by atoms with Gasteiger partial charge >= 0.3 is 0 Å². The van der Waals surface area contributed by atoms with Crippen LogP contribution in [0.2, 0.25) is 0 Å². The van der Waals surface area contributed by atoms with E-state index in [0.717, 1.165) is 29.1 Å². The summed E-state index contributed by atoms with van der Waals surface area (Å²) >= 11 is 3.47. The third-order valence-electron chi connectivity index (χ3n) is 1.88. The number of imidazole rings is 1. The van der Waals surface area contributed by atoms with Crippen LogP contribution in [0.1, 0.15) is 11.5 Å². The Balaban J connectivity index is 2.79. The van der Waals surface area contributed by atoms with Crippen LogP contribution < -0.4 is 5.32 Å². The van der Waals surface area contributed by atoms with Crippen LogP contribution >= 0.6 is 15.9 Å². The van der Waals surface area contributed by atoms with E-state index < -0.39 is 0 Å². The van der Waals surface area contributed by atoms with Crippen LogP contribution in [0.5, 0.6) is 0 Å². The monoisotopic (exact) mass is 231 g/mol. The van der Waals surface area contributed by atoms with E-state index in [0.29, 0.717) is 0 Å². The zero-order valence-corrected chi connectivity index (χ0v) is 9.27. The van der Waals surface area contributed by atoms with Gasteiger partial charge in [-0.25, -0.2) is 4.98 Å². The first-order chi connectivity index (χ1) is 5.66. The van der Waals surface area contributed by atoms with Crippen LogP contribution in [0.15, 0.2) is 4.60 Å². The molecule has 0 saturated carbocycles. The number of nitrogens with zero attached hydrogens (tertiary/aromatic N) is 2. The van der Waals surface area contributed by atoms with Gasteiger partial charge in [-0.05, 0) is 29.9 Å². The maximum atomic E-state index is 4.42. The fourth-order valence-electron chi connectivity index (χ4n) is 1.13. The van der Waals surface area contributed by atoms with Crippen molar-refractivity contribution < 1.29 is 0 Å². The van der Waals surface area contributed by atoms with Crippen molar-refractivity contribution in [3.05, 3.63) is 16.1 Å². The molecule has 0 amide bonds. The van der Waals surface area contributed by atoms with E-state index >= 15 is 0 Å². The van der Waals surface area contributed by atoms with Gasteiger partial charge in [-0.3, -0.25) is 0 Å². The van der Waals surface area contributed by atoms with E-state index in [4.69, 9.17) is 0 Å². The molecule has 12 heavy (non-hydrogen) atoms. The Labute approximate surface area is 81.3 Å². The summed E-state index contributed by atoms with van der Waals surface area (Å²) in [7, 11) is 3.97. The van der Waals surface area contributed by atoms with Gasteiger partial charge in [0.25, 0.3) is 0 Å². The van der Waals surface area contributed by atoms with E-state index in [1.54, 1.807) is 0 Å². The van der Waals surface area contributed by atoms with Gasteiger partial charge in [0.2, 0.25) is 0 Å². The highest BCUT2D eigenvalue weighted by Crippen LogP contribution is 2.16. The van der Waals surface area contributed by atoms with Crippen LogP contribution in [0, 0.1) is 6.92 Å². The second-order valence-corrected chi connectivity index (χ2v) is 3.57. The van der Waals surface area contributed by atoms with Gasteiger partial charge in [0.05, 0.1) is 5.69 Å². The second-order valence-electron chi connectivity index (χ2n) is 2.82. The van der Waals surface area contributed by atoms with Crippen molar-refractivity contribution in [2.45, 2.75) is 13.3 Å². The molecule has 0 atom stereocenters. The molecule has 0 saturated heterocycles. The molecule has 0 aliphatic heterocycles. The third-order valence-corrected chi connectivity index (χ3v) is 2.98. The number of nitrogens with one attached hydrogen (secondary N) is 1. The highest BCUT2D eigenvalue weighted by molar-refractivity contribution is 9.10. The Morgan fingerprint density at radius 3 is 2.67 bits per heavy atom. The minimum atomic E-state index is 0.969. The maximum absolute atomic E-state index is 4.42. The zero-order valence-electron chi connectivity index (χ0n) is 7.69. The quantitative estimate of drug-likeness (QED) is 0.850. The highest BCUT2D eigenvalue weighted by Gasteiger charge is 2.07. The summed E-state index contributed by atoms with van der Waals surface area (Å²) in [6, 6.07) is 0. The Bertz CT molecular complexity index is 268. The van der Waals surface area contributed by atoms with E-state index in [-0.39, 0.29) is 0 Å². The smallest absolute Gasteiger partial charge is 0.110 e. The van der Waals surface area contributed by atoms with Crippen LogP contribution in [0.3, 0.4) is 0 Å². The van der Waals surface area contributed by atoms with Gasteiger partial charge < -0.3 is 9.88 Å². The standard InChI is InChI=1S/C8H14BrN3/c1-6-8(9)12(3)7(11-6)4-5-10-2/h10H,4-5H2,1-3H3. The molecule has 0 fully saturated rings. The van der Waals surface area contributed by atoms with Gasteiger partial charge in [-0.2, -0.15) is 0 Å². The Morgan fingerprint density at radius 2 is 2.25 bits per heavy atom. The minimum absolute atomic E-state index is 0.969. The maximum Gasteiger partial charge on any atom is 0.110 e. The van der Waals surface area contributed by atoms with E-state index in [2.05, 4.69) is 30.8 Å². The molecule has 1 N–H and O–H groups in total. The fraction of sp³-hybridized carbons (Fsp3) is 0.625. The average molecular weight is 232 g/mol. The molecule has 3 nitrogen and oxygen atoms in total. The summed E-state index contributed by atoms with van der Waals surface area (Å²) in [5, 5.41) is 3.10. The third kappa shape index (κ3) is 1.87. The number of aryl methyl sites for hydroxylation is 1. The van der Waals surface area contributed by atoms with Crippen molar-refractivity contribution in [1.82, 2.24) is 14.9 Å². The summed E-state index contributed by atoms with van der Waals surface area (Å²) in [5.41, 5.74) is 1.06. The lowest BCUT2D eigenvalue weighted by molar-refractivity contribution is 0.712. The number of aromatic nitrogens is 2. The summed E-state index contributed by atoms with van der Waals surface area (Å²) in [5.74, 6) is 1.12. The average Bonchev–Trinajstić information content (AvgIpc) is 2.30. The summed E-state index contributed by atoms with van der Waals surface area (Å²) in [6.07, 6.45) is 0.972. The second kappa shape index (κ2) is 4.05. The lowest BCUT2D eigenvalue weighted by Gasteiger charge is -2.00. The molecule has 68 valence electrons. The van der Waals surface area contributed by atoms with Crippen LogP contribution in [0.4, 0.5) is 0 Å². The van der Waals surface area contributed by atoms with Crippen LogP contribution in [-0.2, 0) is 13.5 Å². The summed E-state index contributed by atoms with van der Waals surface area (Å²) in [4.78, 5) is 4.42. The lowest BCUT2D eigenvalue weighted by atomic mass is 10.4. The molecule has 0 radical (unpaired) electrons. The number of likely N-dealkylation sites (N-methyl/N-ethyl adjacent to an activating group) is 1. The SMILES string of the molecule is CNCCc1nc(C)c(Br)n1C. The number of hydrogen-bond donors (Lipinski definition) is 1. The molecular weight excluding hydrogens is 218 g/mol. The minimum Gasteiger partial charge on any atom is -0.326 e. The fourth-order valence-corrected chi connectivity index (χ4v) is 1.42. The first-order valence-electron chi connectivity index (χ1n) is 3.99. The topological polar surface area (TPSA) is 29.9 Å². The lowest BCUT2D eigenvalue weighted by Crippen LogP contribution is -2.13. The van der Waals surface area contributed by atoms with Crippen molar-refractivity contribution in [3.8, 4) is 0 Å². The molecule has 0 aliphatic rings. The molecule has 0 aromatic carbocycles. The van der Waals surface area contributed by atoms with Gasteiger partial charge in [0.15, 0.2) is 0 Å². The van der Waals surface area contributed by atoms with Crippen molar-refractivity contribution in [3.63, 3.8) is 0 Å².